The Morgan fingerprint density at radius 2 is 1.83 bits per heavy atom. The van der Waals surface area contributed by atoms with E-state index in [0.717, 1.165) is 5.56 Å². The Labute approximate surface area is 134 Å². The molecule has 6 nitrogen and oxygen atoms in total. The molecule has 1 aliphatic heterocycles. The van der Waals surface area contributed by atoms with Crippen LogP contribution in [0.2, 0.25) is 0 Å². The lowest BCUT2D eigenvalue weighted by atomic mass is 9.79. The van der Waals surface area contributed by atoms with Gasteiger partial charge in [-0.15, -0.1) is 0 Å². The molecule has 1 fully saturated rings. The lowest BCUT2D eigenvalue weighted by Gasteiger charge is -2.34. The molecule has 1 aromatic rings. The average molecular weight is 323 g/mol. The van der Waals surface area contributed by atoms with Gasteiger partial charge in [0.25, 0.3) is 0 Å². The van der Waals surface area contributed by atoms with Gasteiger partial charge in [-0.3, -0.25) is 4.79 Å². The summed E-state index contributed by atoms with van der Waals surface area (Å²) in [6, 6.07) is 5.78. The van der Waals surface area contributed by atoms with Gasteiger partial charge in [0.15, 0.2) is 0 Å². The highest BCUT2D eigenvalue weighted by atomic mass is 19.1. The summed E-state index contributed by atoms with van der Waals surface area (Å²) in [5, 5.41) is 5.42. The first kappa shape index (κ1) is 17.2. The van der Waals surface area contributed by atoms with Crippen molar-refractivity contribution in [2.45, 2.75) is 19.3 Å². The molecule has 0 saturated carbocycles. The van der Waals surface area contributed by atoms with E-state index < -0.39 is 11.3 Å². The summed E-state index contributed by atoms with van der Waals surface area (Å²) in [6.45, 7) is 1.56. The molecule has 1 heterocycles. The molecular weight excluding hydrogens is 301 g/mol. The molecule has 7 heteroatoms. The van der Waals surface area contributed by atoms with Crippen LogP contribution >= 0.6 is 0 Å². The molecule has 0 aromatic heterocycles. The van der Waals surface area contributed by atoms with Crippen molar-refractivity contribution < 1.29 is 18.7 Å². The molecule has 0 unspecified atom stereocenters. The van der Waals surface area contributed by atoms with Crippen molar-refractivity contribution in [2.75, 3.05) is 26.3 Å². The summed E-state index contributed by atoms with van der Waals surface area (Å²) in [5.41, 5.74) is 5.69. The van der Waals surface area contributed by atoms with Crippen LogP contribution in [0.3, 0.4) is 0 Å². The average Bonchev–Trinajstić information content (AvgIpc) is 2.55. The number of ether oxygens (including phenoxy) is 1. The van der Waals surface area contributed by atoms with Gasteiger partial charge in [-0.25, -0.2) is 9.18 Å². The summed E-state index contributed by atoms with van der Waals surface area (Å²) in [4.78, 5) is 23.5. The summed E-state index contributed by atoms with van der Waals surface area (Å²) in [7, 11) is 0. The number of carbonyl (C=O) groups is 2. The van der Waals surface area contributed by atoms with Crippen molar-refractivity contribution in [3.63, 3.8) is 0 Å². The molecule has 2 rings (SSSR count). The minimum absolute atomic E-state index is 0.202. The Kier molecular flexibility index (Phi) is 5.92. The summed E-state index contributed by atoms with van der Waals surface area (Å²) < 4.78 is 18.0. The number of nitrogens with one attached hydrogen (secondary N) is 2. The molecule has 0 spiro atoms. The summed E-state index contributed by atoms with van der Waals surface area (Å²) in [6.07, 6.45) is 1.62. The molecule has 126 valence electrons. The molecule has 0 radical (unpaired) electrons. The highest BCUT2D eigenvalue weighted by molar-refractivity contribution is 5.82. The first-order valence-corrected chi connectivity index (χ1v) is 7.66. The van der Waals surface area contributed by atoms with Crippen LogP contribution in [0.15, 0.2) is 24.3 Å². The van der Waals surface area contributed by atoms with Crippen LogP contribution in [0.5, 0.6) is 0 Å². The number of benzene rings is 1. The van der Waals surface area contributed by atoms with E-state index in [1.807, 2.05) is 0 Å². The zero-order valence-corrected chi connectivity index (χ0v) is 12.9. The van der Waals surface area contributed by atoms with Crippen molar-refractivity contribution in [1.29, 1.82) is 0 Å². The first-order valence-electron chi connectivity index (χ1n) is 7.66. The smallest absolute Gasteiger partial charge is 0.314 e. The van der Waals surface area contributed by atoms with Gasteiger partial charge in [0.05, 0.1) is 5.41 Å². The van der Waals surface area contributed by atoms with E-state index in [1.54, 1.807) is 12.1 Å². The molecule has 3 amide bonds. The van der Waals surface area contributed by atoms with Gasteiger partial charge in [-0.1, -0.05) is 12.1 Å². The highest BCUT2D eigenvalue weighted by Crippen LogP contribution is 2.29. The van der Waals surface area contributed by atoms with E-state index in [2.05, 4.69) is 10.6 Å². The van der Waals surface area contributed by atoms with Crippen molar-refractivity contribution in [2.24, 2.45) is 11.1 Å². The fourth-order valence-electron chi connectivity index (χ4n) is 2.56. The molecule has 0 aliphatic carbocycles. The maximum absolute atomic E-state index is 12.8. The van der Waals surface area contributed by atoms with Gasteiger partial charge in [0, 0.05) is 26.3 Å². The van der Waals surface area contributed by atoms with Crippen LogP contribution in [0.25, 0.3) is 0 Å². The normalized spacial score (nSPS) is 16.6. The van der Waals surface area contributed by atoms with Gasteiger partial charge >= 0.3 is 6.03 Å². The minimum atomic E-state index is -0.730. The topological polar surface area (TPSA) is 93.5 Å². The number of hydrogen-bond donors (Lipinski definition) is 3. The van der Waals surface area contributed by atoms with Crippen molar-refractivity contribution in [3.8, 4) is 0 Å². The fraction of sp³-hybridized carbons (Fsp3) is 0.500. The number of carbonyl (C=O) groups excluding carboxylic acids is 2. The predicted octanol–water partition coefficient (Wildman–Crippen LogP) is 0.949. The molecule has 4 N–H and O–H groups in total. The van der Waals surface area contributed by atoms with E-state index in [4.69, 9.17) is 10.5 Å². The molecule has 1 saturated heterocycles. The zero-order valence-electron chi connectivity index (χ0n) is 12.9. The van der Waals surface area contributed by atoms with Crippen LogP contribution < -0.4 is 16.4 Å². The van der Waals surface area contributed by atoms with Gasteiger partial charge in [-0.05, 0) is 37.0 Å². The molecular formula is C16H22FN3O3. The summed E-state index contributed by atoms with van der Waals surface area (Å²) in [5.74, 6) is -0.694. The van der Waals surface area contributed by atoms with E-state index in [0.29, 0.717) is 39.0 Å². The van der Waals surface area contributed by atoms with Crippen LogP contribution in [0.4, 0.5) is 9.18 Å². The number of amides is 3. The van der Waals surface area contributed by atoms with Gasteiger partial charge in [0.2, 0.25) is 5.91 Å². The van der Waals surface area contributed by atoms with E-state index in [9.17, 15) is 14.0 Å². The quantitative estimate of drug-likeness (QED) is 0.727. The number of halogens is 1. The zero-order chi connectivity index (χ0) is 16.7. The van der Waals surface area contributed by atoms with Crippen molar-refractivity contribution in [1.82, 2.24) is 10.6 Å². The second kappa shape index (κ2) is 7.92. The molecule has 0 bridgehead atoms. The van der Waals surface area contributed by atoms with Crippen LogP contribution in [-0.4, -0.2) is 38.2 Å². The minimum Gasteiger partial charge on any atom is -0.381 e. The standard InChI is InChI=1S/C16H22FN3O3/c17-13-3-1-12(2-4-13)5-8-19-15(22)20-11-16(14(18)21)6-9-23-10-7-16/h1-4H,5-11H2,(H2,18,21)(H2,19,20,22). The van der Waals surface area contributed by atoms with Crippen molar-refractivity contribution in [3.05, 3.63) is 35.6 Å². The number of urea groups is 1. The third kappa shape index (κ3) is 4.92. The lowest BCUT2D eigenvalue weighted by molar-refractivity contribution is -0.132. The molecule has 23 heavy (non-hydrogen) atoms. The first-order chi connectivity index (χ1) is 11.0. The highest BCUT2D eigenvalue weighted by Gasteiger charge is 2.38. The van der Waals surface area contributed by atoms with E-state index >= 15 is 0 Å². The predicted molar refractivity (Wildman–Crippen MR) is 83.2 cm³/mol. The van der Waals surface area contributed by atoms with Gasteiger partial charge in [0.1, 0.15) is 5.82 Å². The third-order valence-corrected chi connectivity index (χ3v) is 4.17. The maximum atomic E-state index is 12.8. The van der Waals surface area contributed by atoms with Crippen LogP contribution in [-0.2, 0) is 16.0 Å². The Hall–Kier alpha value is -2.15. The van der Waals surface area contributed by atoms with Gasteiger partial charge < -0.3 is 21.1 Å². The van der Waals surface area contributed by atoms with Gasteiger partial charge in [-0.2, -0.15) is 0 Å². The fourth-order valence-corrected chi connectivity index (χ4v) is 2.56. The Balaban J connectivity index is 1.73. The Bertz CT molecular complexity index is 542. The lowest BCUT2D eigenvalue weighted by Crippen LogP contribution is -2.51. The molecule has 1 aliphatic rings. The van der Waals surface area contributed by atoms with E-state index in [1.165, 1.54) is 12.1 Å². The molecule has 0 atom stereocenters. The number of hydrogen-bond acceptors (Lipinski definition) is 3. The monoisotopic (exact) mass is 323 g/mol. The van der Waals surface area contributed by atoms with Crippen molar-refractivity contribution >= 4 is 11.9 Å². The summed E-state index contributed by atoms with van der Waals surface area (Å²) >= 11 is 0. The number of nitrogens with two attached hydrogens (primary N) is 1. The SMILES string of the molecule is NC(=O)C1(CNC(=O)NCCc2ccc(F)cc2)CCOCC1. The number of rotatable bonds is 6. The van der Waals surface area contributed by atoms with Crippen LogP contribution in [0.1, 0.15) is 18.4 Å². The number of primary amides is 1. The van der Waals surface area contributed by atoms with E-state index in [-0.39, 0.29) is 18.4 Å². The maximum Gasteiger partial charge on any atom is 0.314 e. The largest absolute Gasteiger partial charge is 0.381 e. The second-order valence-electron chi connectivity index (χ2n) is 5.74. The second-order valence-corrected chi connectivity index (χ2v) is 5.74. The third-order valence-electron chi connectivity index (χ3n) is 4.17. The Morgan fingerprint density at radius 1 is 1.17 bits per heavy atom. The molecule has 1 aromatic carbocycles. The Morgan fingerprint density at radius 3 is 2.43 bits per heavy atom. The van der Waals surface area contributed by atoms with Crippen LogP contribution in [0, 0.1) is 11.2 Å².